The third-order valence-electron chi connectivity index (χ3n) is 3.53. The van der Waals surface area contributed by atoms with Crippen molar-refractivity contribution in [3.05, 3.63) is 11.0 Å². The molecule has 0 aromatic carbocycles. The van der Waals surface area contributed by atoms with E-state index in [0.29, 0.717) is 22.6 Å². The van der Waals surface area contributed by atoms with Crippen LogP contribution in [0.2, 0.25) is 5.28 Å². The minimum atomic E-state index is 0.228. The van der Waals surface area contributed by atoms with E-state index in [0.717, 1.165) is 19.6 Å². The topological polar surface area (TPSA) is 73.1 Å². The quantitative estimate of drug-likeness (QED) is 0.776. The van der Waals surface area contributed by atoms with Gasteiger partial charge in [-0.15, -0.1) is 0 Å². The van der Waals surface area contributed by atoms with Crippen molar-refractivity contribution in [3.63, 3.8) is 0 Å². The van der Waals surface area contributed by atoms with Crippen molar-refractivity contribution in [1.29, 1.82) is 0 Å². The second-order valence-electron chi connectivity index (χ2n) is 4.94. The molecule has 1 heterocycles. The first-order valence-electron chi connectivity index (χ1n) is 6.09. The van der Waals surface area contributed by atoms with E-state index in [1.165, 1.54) is 12.8 Å². The van der Waals surface area contributed by atoms with Crippen molar-refractivity contribution >= 4 is 23.1 Å². The second-order valence-corrected chi connectivity index (χ2v) is 5.27. The van der Waals surface area contributed by atoms with Gasteiger partial charge in [-0.1, -0.05) is 0 Å². The number of hydrogen-bond acceptors (Lipinski definition) is 5. The van der Waals surface area contributed by atoms with Gasteiger partial charge in [-0.3, -0.25) is 0 Å². The molecule has 1 fully saturated rings. The van der Waals surface area contributed by atoms with Crippen LogP contribution in [0.1, 0.15) is 25.0 Å². The van der Waals surface area contributed by atoms with E-state index in [-0.39, 0.29) is 5.28 Å². The Morgan fingerprint density at radius 1 is 1.44 bits per heavy atom. The van der Waals surface area contributed by atoms with Crippen LogP contribution in [-0.4, -0.2) is 30.2 Å². The molecule has 3 N–H and O–H groups in total. The standard InChI is InChI=1S/C12H19ClN4O/c1-8-9(14)10(17-11(13)16-8)15-7-12(3-4-12)5-6-18-2/h3-7,14H2,1-2H3,(H,15,16,17). The number of rotatable bonds is 6. The summed E-state index contributed by atoms with van der Waals surface area (Å²) in [4.78, 5) is 8.14. The molecule has 0 spiro atoms. The van der Waals surface area contributed by atoms with Gasteiger partial charge in [-0.25, -0.2) is 4.98 Å². The lowest BCUT2D eigenvalue weighted by Crippen LogP contribution is -2.19. The first-order chi connectivity index (χ1) is 8.56. The highest BCUT2D eigenvalue weighted by Gasteiger charge is 2.41. The number of hydrogen-bond donors (Lipinski definition) is 2. The summed E-state index contributed by atoms with van der Waals surface area (Å²) in [6, 6.07) is 0. The number of aryl methyl sites for hydroxylation is 1. The van der Waals surface area contributed by atoms with Gasteiger partial charge in [0.05, 0.1) is 11.4 Å². The molecule has 1 aromatic heterocycles. The van der Waals surface area contributed by atoms with Crippen molar-refractivity contribution in [2.75, 3.05) is 31.3 Å². The first kappa shape index (κ1) is 13.4. The molecule has 1 saturated carbocycles. The smallest absolute Gasteiger partial charge is 0.224 e. The molecule has 18 heavy (non-hydrogen) atoms. The van der Waals surface area contributed by atoms with Crippen LogP contribution in [0.5, 0.6) is 0 Å². The fourth-order valence-corrected chi connectivity index (χ4v) is 2.18. The van der Waals surface area contributed by atoms with Crippen molar-refractivity contribution in [3.8, 4) is 0 Å². The fourth-order valence-electron chi connectivity index (χ4n) is 1.96. The van der Waals surface area contributed by atoms with Crippen LogP contribution < -0.4 is 11.1 Å². The number of aromatic nitrogens is 2. The molecule has 0 radical (unpaired) electrons. The Labute approximate surface area is 112 Å². The molecular formula is C12H19ClN4O. The molecule has 100 valence electrons. The molecule has 0 aliphatic heterocycles. The van der Waals surface area contributed by atoms with Crippen LogP contribution in [0, 0.1) is 12.3 Å². The summed E-state index contributed by atoms with van der Waals surface area (Å²) in [6.45, 7) is 3.47. The Hall–Kier alpha value is -1.07. The number of nitrogens with one attached hydrogen (secondary N) is 1. The van der Waals surface area contributed by atoms with Gasteiger partial charge in [0.25, 0.3) is 0 Å². The fraction of sp³-hybridized carbons (Fsp3) is 0.667. The van der Waals surface area contributed by atoms with Crippen LogP contribution in [-0.2, 0) is 4.74 Å². The summed E-state index contributed by atoms with van der Waals surface area (Å²) in [6.07, 6.45) is 3.51. The van der Waals surface area contributed by atoms with Crippen LogP contribution in [0.4, 0.5) is 11.5 Å². The van der Waals surface area contributed by atoms with E-state index in [4.69, 9.17) is 22.1 Å². The van der Waals surface area contributed by atoms with Gasteiger partial charge in [0, 0.05) is 20.3 Å². The number of nitrogens with zero attached hydrogens (tertiary/aromatic N) is 2. The molecular weight excluding hydrogens is 252 g/mol. The summed E-state index contributed by atoms with van der Waals surface area (Å²) in [5.41, 5.74) is 7.55. The Balaban J connectivity index is 1.98. The Bertz CT molecular complexity index is 434. The number of nitrogen functional groups attached to an aromatic ring is 1. The van der Waals surface area contributed by atoms with Crippen LogP contribution in [0.25, 0.3) is 0 Å². The van der Waals surface area contributed by atoms with Crippen molar-refractivity contribution in [1.82, 2.24) is 9.97 Å². The zero-order valence-electron chi connectivity index (χ0n) is 10.8. The van der Waals surface area contributed by atoms with Crippen LogP contribution >= 0.6 is 11.6 Å². The van der Waals surface area contributed by atoms with E-state index in [9.17, 15) is 0 Å². The molecule has 0 atom stereocenters. The van der Waals surface area contributed by atoms with Gasteiger partial charge in [-0.2, -0.15) is 4.98 Å². The minimum Gasteiger partial charge on any atom is -0.394 e. The highest BCUT2D eigenvalue weighted by Crippen LogP contribution is 2.48. The third-order valence-corrected chi connectivity index (χ3v) is 3.70. The SMILES string of the molecule is COCCC1(CNc2nc(Cl)nc(C)c2N)CC1. The molecule has 0 unspecified atom stereocenters. The average molecular weight is 271 g/mol. The number of nitrogens with two attached hydrogens (primary N) is 1. The lowest BCUT2D eigenvalue weighted by Gasteiger charge is -2.17. The molecule has 1 aliphatic rings. The third kappa shape index (κ3) is 3.03. The highest BCUT2D eigenvalue weighted by molar-refractivity contribution is 6.28. The highest BCUT2D eigenvalue weighted by atomic mass is 35.5. The van der Waals surface area contributed by atoms with Crippen molar-refractivity contribution < 1.29 is 4.74 Å². The number of ether oxygens (including phenoxy) is 1. The Morgan fingerprint density at radius 2 is 2.17 bits per heavy atom. The van der Waals surface area contributed by atoms with E-state index < -0.39 is 0 Å². The maximum Gasteiger partial charge on any atom is 0.224 e. The summed E-state index contributed by atoms with van der Waals surface area (Å²) >= 11 is 5.83. The van der Waals surface area contributed by atoms with Gasteiger partial charge in [0.2, 0.25) is 5.28 Å². The molecule has 1 aromatic rings. The maximum atomic E-state index is 5.93. The van der Waals surface area contributed by atoms with Gasteiger partial charge in [0.15, 0.2) is 5.82 Å². The lowest BCUT2D eigenvalue weighted by molar-refractivity contribution is 0.175. The molecule has 2 rings (SSSR count). The molecule has 0 amide bonds. The van der Waals surface area contributed by atoms with E-state index in [2.05, 4.69) is 15.3 Å². The normalized spacial score (nSPS) is 16.6. The summed E-state index contributed by atoms with van der Waals surface area (Å²) in [5.74, 6) is 0.635. The predicted octanol–water partition coefficient (Wildman–Crippen LogP) is 2.25. The largest absolute Gasteiger partial charge is 0.394 e. The molecule has 0 bridgehead atoms. The number of anilines is 2. The van der Waals surface area contributed by atoms with Crippen molar-refractivity contribution in [2.45, 2.75) is 26.2 Å². The van der Waals surface area contributed by atoms with E-state index >= 15 is 0 Å². The second kappa shape index (κ2) is 5.28. The van der Waals surface area contributed by atoms with Gasteiger partial charge in [0.1, 0.15) is 0 Å². The zero-order valence-corrected chi connectivity index (χ0v) is 11.5. The first-order valence-corrected chi connectivity index (χ1v) is 6.46. The monoisotopic (exact) mass is 270 g/mol. The van der Waals surface area contributed by atoms with Gasteiger partial charge >= 0.3 is 0 Å². The van der Waals surface area contributed by atoms with Crippen LogP contribution in [0.15, 0.2) is 0 Å². The Kier molecular flexibility index (Phi) is 3.92. The van der Waals surface area contributed by atoms with Crippen LogP contribution in [0.3, 0.4) is 0 Å². The number of methoxy groups -OCH3 is 1. The van der Waals surface area contributed by atoms with Gasteiger partial charge in [-0.05, 0) is 43.2 Å². The van der Waals surface area contributed by atoms with E-state index in [1.54, 1.807) is 7.11 Å². The maximum absolute atomic E-state index is 5.93. The zero-order chi connectivity index (χ0) is 13.2. The predicted molar refractivity (Wildman–Crippen MR) is 72.8 cm³/mol. The molecule has 5 nitrogen and oxygen atoms in total. The van der Waals surface area contributed by atoms with Crippen molar-refractivity contribution in [2.24, 2.45) is 5.41 Å². The minimum absolute atomic E-state index is 0.228. The summed E-state index contributed by atoms with van der Waals surface area (Å²) in [7, 11) is 1.73. The molecule has 1 aliphatic carbocycles. The molecule has 6 heteroatoms. The molecule has 0 saturated heterocycles. The average Bonchev–Trinajstić information content (AvgIpc) is 3.10. The summed E-state index contributed by atoms with van der Waals surface area (Å²) < 4.78 is 5.13. The number of halogens is 1. The van der Waals surface area contributed by atoms with Gasteiger partial charge < -0.3 is 15.8 Å². The lowest BCUT2D eigenvalue weighted by atomic mass is 10.0. The van der Waals surface area contributed by atoms with E-state index in [1.807, 2.05) is 6.92 Å². The Morgan fingerprint density at radius 3 is 2.78 bits per heavy atom. The summed E-state index contributed by atoms with van der Waals surface area (Å²) in [5, 5.41) is 3.52.